The molecule has 0 spiro atoms. The number of rotatable bonds is 8. The second kappa shape index (κ2) is 8.24. The van der Waals surface area contributed by atoms with E-state index in [4.69, 9.17) is 4.74 Å². The Hall–Kier alpha value is -2.95. The monoisotopic (exact) mass is 337 g/mol. The minimum Gasteiger partial charge on any atom is -0.497 e. The molecule has 25 heavy (non-hydrogen) atoms. The zero-order valence-corrected chi connectivity index (χ0v) is 14.3. The Labute approximate surface area is 147 Å². The third-order valence-electron chi connectivity index (χ3n) is 4.16. The smallest absolute Gasteiger partial charge is 0.221 e. The van der Waals surface area contributed by atoms with Crippen LogP contribution in [0, 0.1) is 0 Å². The summed E-state index contributed by atoms with van der Waals surface area (Å²) in [5, 5.41) is 7.43. The average Bonchev–Trinajstić information content (AvgIpc) is 3.06. The molecule has 0 atom stereocenters. The number of aromatic amines is 1. The van der Waals surface area contributed by atoms with Gasteiger partial charge in [0.05, 0.1) is 7.11 Å². The summed E-state index contributed by atoms with van der Waals surface area (Å²) in [6.07, 6.45) is 3.28. The fourth-order valence-corrected chi connectivity index (χ4v) is 2.79. The molecule has 0 bridgehead atoms. The van der Waals surface area contributed by atoms with Gasteiger partial charge >= 0.3 is 0 Å². The van der Waals surface area contributed by atoms with Gasteiger partial charge < -0.3 is 20.4 Å². The molecule has 1 heterocycles. The molecule has 5 nitrogen and oxygen atoms in total. The summed E-state index contributed by atoms with van der Waals surface area (Å²) < 4.78 is 5.12. The van der Waals surface area contributed by atoms with Crippen LogP contribution in [-0.2, 0) is 11.2 Å². The Morgan fingerprint density at radius 2 is 1.88 bits per heavy atom. The number of aromatic nitrogens is 1. The van der Waals surface area contributed by atoms with Crippen molar-refractivity contribution in [1.29, 1.82) is 0 Å². The first-order valence-electron chi connectivity index (χ1n) is 8.46. The molecule has 0 saturated heterocycles. The minimum absolute atomic E-state index is 0.0563. The van der Waals surface area contributed by atoms with Crippen LogP contribution < -0.4 is 15.4 Å². The molecular formula is C20H23N3O2. The van der Waals surface area contributed by atoms with E-state index in [1.807, 2.05) is 42.6 Å². The molecule has 0 radical (unpaired) electrons. The SMILES string of the molecule is COc1ccc(NCCC(=O)NCCc2c[nH]c3ccccc23)cc1. The van der Waals surface area contributed by atoms with Gasteiger partial charge in [0.2, 0.25) is 5.91 Å². The van der Waals surface area contributed by atoms with E-state index in [2.05, 4.69) is 27.8 Å². The number of hydrogen-bond donors (Lipinski definition) is 3. The van der Waals surface area contributed by atoms with Gasteiger partial charge in [0.15, 0.2) is 0 Å². The first kappa shape index (κ1) is 16.9. The summed E-state index contributed by atoms with van der Waals surface area (Å²) in [6, 6.07) is 15.9. The molecule has 0 aliphatic rings. The normalized spacial score (nSPS) is 10.6. The van der Waals surface area contributed by atoms with Crippen LogP contribution in [0.15, 0.2) is 54.7 Å². The maximum absolute atomic E-state index is 11.9. The van der Waals surface area contributed by atoms with Crippen LogP contribution in [0.25, 0.3) is 10.9 Å². The van der Waals surface area contributed by atoms with Gasteiger partial charge in [0.1, 0.15) is 5.75 Å². The maximum Gasteiger partial charge on any atom is 0.221 e. The average molecular weight is 337 g/mol. The van der Waals surface area contributed by atoms with Crippen LogP contribution in [0.3, 0.4) is 0 Å². The lowest BCUT2D eigenvalue weighted by Gasteiger charge is -2.08. The number of carbonyl (C=O) groups is 1. The predicted molar refractivity (Wildman–Crippen MR) is 101 cm³/mol. The molecule has 0 aliphatic heterocycles. The molecule has 0 unspecified atom stereocenters. The summed E-state index contributed by atoms with van der Waals surface area (Å²) in [6.45, 7) is 1.24. The maximum atomic E-state index is 11.9. The van der Waals surface area contributed by atoms with Crippen molar-refractivity contribution in [3.63, 3.8) is 0 Å². The van der Waals surface area contributed by atoms with E-state index in [0.717, 1.165) is 23.4 Å². The van der Waals surface area contributed by atoms with E-state index in [1.165, 1.54) is 10.9 Å². The molecule has 5 heteroatoms. The fraction of sp³-hybridized carbons (Fsp3) is 0.250. The van der Waals surface area contributed by atoms with Crippen molar-refractivity contribution < 1.29 is 9.53 Å². The zero-order chi connectivity index (χ0) is 17.5. The fourth-order valence-electron chi connectivity index (χ4n) is 2.79. The van der Waals surface area contributed by atoms with Crippen LogP contribution in [0.2, 0.25) is 0 Å². The van der Waals surface area contributed by atoms with E-state index in [1.54, 1.807) is 7.11 Å². The van der Waals surface area contributed by atoms with Gasteiger partial charge in [-0.15, -0.1) is 0 Å². The molecule has 3 aromatic rings. The van der Waals surface area contributed by atoms with Gasteiger partial charge in [-0.3, -0.25) is 4.79 Å². The molecule has 130 valence electrons. The van der Waals surface area contributed by atoms with Crippen molar-refractivity contribution in [1.82, 2.24) is 10.3 Å². The highest BCUT2D eigenvalue weighted by Crippen LogP contribution is 2.17. The number of para-hydroxylation sites is 1. The van der Waals surface area contributed by atoms with Crippen molar-refractivity contribution in [2.45, 2.75) is 12.8 Å². The number of amides is 1. The van der Waals surface area contributed by atoms with Crippen molar-refractivity contribution in [2.24, 2.45) is 0 Å². The highest BCUT2D eigenvalue weighted by molar-refractivity contribution is 5.83. The molecule has 1 aromatic heterocycles. The van der Waals surface area contributed by atoms with E-state index in [9.17, 15) is 4.79 Å². The lowest BCUT2D eigenvalue weighted by Crippen LogP contribution is -2.27. The van der Waals surface area contributed by atoms with Crippen LogP contribution in [0.5, 0.6) is 5.75 Å². The molecule has 2 aromatic carbocycles. The van der Waals surface area contributed by atoms with Gasteiger partial charge in [-0.1, -0.05) is 18.2 Å². The van der Waals surface area contributed by atoms with Gasteiger partial charge in [0.25, 0.3) is 0 Å². The third-order valence-corrected chi connectivity index (χ3v) is 4.16. The Morgan fingerprint density at radius 3 is 2.68 bits per heavy atom. The molecule has 0 saturated carbocycles. The second-order valence-corrected chi connectivity index (χ2v) is 5.86. The number of ether oxygens (including phenoxy) is 1. The van der Waals surface area contributed by atoms with Crippen LogP contribution in [-0.4, -0.2) is 31.1 Å². The third kappa shape index (κ3) is 4.53. The number of anilines is 1. The highest BCUT2D eigenvalue weighted by Gasteiger charge is 2.04. The van der Waals surface area contributed by atoms with E-state index in [-0.39, 0.29) is 5.91 Å². The van der Waals surface area contributed by atoms with Crippen molar-refractivity contribution >= 4 is 22.5 Å². The Bertz CT molecular complexity index is 824. The summed E-state index contributed by atoms with van der Waals surface area (Å²) in [4.78, 5) is 15.2. The number of carbonyl (C=O) groups excluding carboxylic acids is 1. The number of hydrogen-bond acceptors (Lipinski definition) is 3. The summed E-state index contributed by atoms with van der Waals surface area (Å²) in [5.74, 6) is 0.876. The molecule has 0 fully saturated rings. The largest absolute Gasteiger partial charge is 0.497 e. The Kier molecular flexibility index (Phi) is 5.57. The minimum atomic E-state index is 0.0563. The highest BCUT2D eigenvalue weighted by atomic mass is 16.5. The number of fused-ring (bicyclic) bond motifs is 1. The number of benzene rings is 2. The Balaban J connectivity index is 1.38. The van der Waals surface area contributed by atoms with Gasteiger partial charge in [0, 0.05) is 42.3 Å². The number of nitrogens with one attached hydrogen (secondary N) is 3. The lowest BCUT2D eigenvalue weighted by molar-refractivity contribution is -0.120. The molecule has 0 aliphatic carbocycles. The van der Waals surface area contributed by atoms with E-state index in [0.29, 0.717) is 19.5 Å². The van der Waals surface area contributed by atoms with Gasteiger partial charge in [-0.2, -0.15) is 0 Å². The quantitative estimate of drug-likeness (QED) is 0.591. The van der Waals surface area contributed by atoms with Crippen molar-refractivity contribution in [2.75, 3.05) is 25.5 Å². The summed E-state index contributed by atoms with van der Waals surface area (Å²) in [5.41, 5.74) is 3.34. The van der Waals surface area contributed by atoms with Crippen LogP contribution >= 0.6 is 0 Å². The van der Waals surface area contributed by atoms with Crippen molar-refractivity contribution in [3.05, 3.63) is 60.3 Å². The first-order chi connectivity index (χ1) is 12.3. The molecule has 3 rings (SSSR count). The Morgan fingerprint density at radius 1 is 1.08 bits per heavy atom. The molecule has 1 amide bonds. The first-order valence-corrected chi connectivity index (χ1v) is 8.46. The summed E-state index contributed by atoms with van der Waals surface area (Å²) in [7, 11) is 1.64. The zero-order valence-electron chi connectivity index (χ0n) is 14.3. The predicted octanol–water partition coefficient (Wildman–Crippen LogP) is 3.34. The van der Waals surface area contributed by atoms with Gasteiger partial charge in [-0.05, 0) is 42.3 Å². The van der Waals surface area contributed by atoms with Gasteiger partial charge in [-0.25, -0.2) is 0 Å². The van der Waals surface area contributed by atoms with E-state index < -0.39 is 0 Å². The number of H-pyrrole nitrogens is 1. The number of methoxy groups -OCH3 is 1. The topological polar surface area (TPSA) is 66.2 Å². The van der Waals surface area contributed by atoms with Crippen LogP contribution in [0.1, 0.15) is 12.0 Å². The van der Waals surface area contributed by atoms with Crippen molar-refractivity contribution in [3.8, 4) is 5.75 Å². The van der Waals surface area contributed by atoms with Crippen LogP contribution in [0.4, 0.5) is 5.69 Å². The molecule has 3 N–H and O–H groups in total. The summed E-state index contributed by atoms with van der Waals surface area (Å²) >= 11 is 0. The van der Waals surface area contributed by atoms with E-state index >= 15 is 0 Å². The second-order valence-electron chi connectivity index (χ2n) is 5.86. The standard InChI is InChI=1S/C20H23N3O2/c1-25-17-8-6-16(7-9-17)21-13-11-20(24)22-12-10-15-14-23-19-5-3-2-4-18(15)19/h2-9,14,21,23H,10-13H2,1H3,(H,22,24). The lowest BCUT2D eigenvalue weighted by atomic mass is 10.1. The molecular weight excluding hydrogens is 314 g/mol.